The van der Waals surface area contributed by atoms with Crippen molar-refractivity contribution in [2.24, 2.45) is 7.05 Å². The number of nitriles is 1. The molecule has 0 N–H and O–H groups in total. The van der Waals surface area contributed by atoms with E-state index in [4.69, 9.17) is 10.00 Å². The van der Waals surface area contributed by atoms with Gasteiger partial charge < -0.3 is 4.74 Å². The van der Waals surface area contributed by atoms with E-state index in [-0.39, 0.29) is 5.56 Å². The van der Waals surface area contributed by atoms with E-state index in [0.717, 1.165) is 5.56 Å². The number of hydrogen-bond donors (Lipinski definition) is 0. The van der Waals surface area contributed by atoms with E-state index in [1.54, 1.807) is 23.0 Å². The molecule has 0 atom stereocenters. The van der Waals surface area contributed by atoms with E-state index in [0.29, 0.717) is 12.4 Å². The van der Waals surface area contributed by atoms with E-state index in [1.807, 2.05) is 13.2 Å². The molecule has 0 saturated heterocycles. The molecular weight excluding hydrogens is 221 g/mol. The van der Waals surface area contributed by atoms with Crippen LogP contribution in [0.15, 0.2) is 30.6 Å². The molecular formula is C12H10FN3O. The van der Waals surface area contributed by atoms with Gasteiger partial charge in [0.2, 0.25) is 0 Å². The summed E-state index contributed by atoms with van der Waals surface area (Å²) in [6.07, 6.45) is 3.50. The van der Waals surface area contributed by atoms with Crippen LogP contribution in [0.1, 0.15) is 11.1 Å². The quantitative estimate of drug-likeness (QED) is 0.811. The monoisotopic (exact) mass is 231 g/mol. The first-order valence-electron chi connectivity index (χ1n) is 4.99. The summed E-state index contributed by atoms with van der Waals surface area (Å²) in [5.41, 5.74) is 0.913. The molecule has 2 aromatic rings. The second-order valence-corrected chi connectivity index (χ2v) is 3.56. The van der Waals surface area contributed by atoms with Crippen LogP contribution in [0.25, 0.3) is 0 Å². The summed E-state index contributed by atoms with van der Waals surface area (Å²) in [4.78, 5) is 0. The molecule has 0 unspecified atom stereocenters. The zero-order chi connectivity index (χ0) is 12.3. The van der Waals surface area contributed by atoms with Crippen LogP contribution < -0.4 is 4.74 Å². The fraction of sp³-hybridized carbons (Fsp3) is 0.167. The molecule has 0 aliphatic rings. The summed E-state index contributed by atoms with van der Waals surface area (Å²) >= 11 is 0. The molecule has 17 heavy (non-hydrogen) atoms. The van der Waals surface area contributed by atoms with E-state index in [2.05, 4.69) is 5.10 Å². The van der Waals surface area contributed by atoms with Gasteiger partial charge >= 0.3 is 0 Å². The highest BCUT2D eigenvalue weighted by atomic mass is 19.1. The summed E-state index contributed by atoms with van der Waals surface area (Å²) in [6.45, 7) is 0.319. The molecule has 5 heteroatoms. The number of benzene rings is 1. The Kier molecular flexibility index (Phi) is 3.06. The van der Waals surface area contributed by atoms with Gasteiger partial charge in [-0.1, -0.05) is 0 Å². The maximum absolute atomic E-state index is 13.3. The minimum absolute atomic E-state index is 0.0127. The lowest BCUT2D eigenvalue weighted by Crippen LogP contribution is -1.95. The molecule has 86 valence electrons. The van der Waals surface area contributed by atoms with Gasteiger partial charge in [-0.25, -0.2) is 4.39 Å². The zero-order valence-corrected chi connectivity index (χ0v) is 9.22. The predicted octanol–water partition coefficient (Wildman–Crippen LogP) is 2.01. The summed E-state index contributed by atoms with van der Waals surface area (Å²) in [5, 5.41) is 12.6. The van der Waals surface area contributed by atoms with Gasteiger partial charge in [0.1, 0.15) is 24.2 Å². The van der Waals surface area contributed by atoms with Gasteiger partial charge in [0.25, 0.3) is 0 Å². The molecule has 1 aromatic heterocycles. The number of halogens is 1. The number of aryl methyl sites for hydroxylation is 1. The average molecular weight is 231 g/mol. The Morgan fingerprint density at radius 2 is 2.35 bits per heavy atom. The van der Waals surface area contributed by atoms with Crippen molar-refractivity contribution in [2.45, 2.75) is 6.61 Å². The molecule has 0 radical (unpaired) electrons. The number of ether oxygens (including phenoxy) is 1. The van der Waals surface area contributed by atoms with Crippen molar-refractivity contribution in [3.05, 3.63) is 47.5 Å². The molecule has 0 aliphatic carbocycles. The lowest BCUT2D eigenvalue weighted by atomic mass is 10.2. The van der Waals surface area contributed by atoms with Gasteiger partial charge in [-0.2, -0.15) is 10.4 Å². The predicted molar refractivity (Wildman–Crippen MR) is 58.7 cm³/mol. The number of hydrogen-bond acceptors (Lipinski definition) is 3. The third kappa shape index (κ3) is 2.61. The van der Waals surface area contributed by atoms with Crippen molar-refractivity contribution in [3.8, 4) is 11.8 Å². The normalized spacial score (nSPS) is 9.94. The van der Waals surface area contributed by atoms with Crippen LogP contribution in [0.2, 0.25) is 0 Å². The molecule has 0 saturated carbocycles. The molecule has 1 aromatic carbocycles. The second-order valence-electron chi connectivity index (χ2n) is 3.56. The van der Waals surface area contributed by atoms with Gasteiger partial charge in [-0.15, -0.1) is 0 Å². The summed E-state index contributed by atoms with van der Waals surface area (Å²) < 4.78 is 20.3. The Bertz CT molecular complexity index is 571. The van der Waals surface area contributed by atoms with Crippen LogP contribution in [-0.4, -0.2) is 9.78 Å². The summed E-state index contributed by atoms with van der Waals surface area (Å²) in [7, 11) is 1.81. The van der Waals surface area contributed by atoms with E-state index in [1.165, 1.54) is 12.1 Å². The zero-order valence-electron chi connectivity index (χ0n) is 9.22. The first-order chi connectivity index (χ1) is 8.19. The topological polar surface area (TPSA) is 50.8 Å². The Morgan fingerprint density at radius 1 is 1.53 bits per heavy atom. The first kappa shape index (κ1) is 11.1. The minimum atomic E-state index is -0.573. The van der Waals surface area contributed by atoms with Crippen molar-refractivity contribution in [3.63, 3.8) is 0 Å². The number of nitrogens with zero attached hydrogens (tertiary/aromatic N) is 3. The lowest BCUT2D eigenvalue weighted by molar-refractivity contribution is 0.304. The van der Waals surface area contributed by atoms with E-state index < -0.39 is 5.82 Å². The molecule has 0 spiro atoms. The largest absolute Gasteiger partial charge is 0.489 e. The Labute approximate surface area is 97.9 Å². The Morgan fingerprint density at radius 3 is 2.94 bits per heavy atom. The van der Waals surface area contributed by atoms with Gasteiger partial charge in [-0.05, 0) is 12.1 Å². The molecule has 0 fully saturated rings. The first-order valence-corrected chi connectivity index (χ1v) is 4.99. The number of rotatable bonds is 3. The van der Waals surface area contributed by atoms with Crippen LogP contribution in [0.5, 0.6) is 5.75 Å². The van der Waals surface area contributed by atoms with Crippen LogP contribution >= 0.6 is 0 Å². The standard InChI is InChI=1S/C12H10FN3O/c1-16-7-9(6-15-16)8-17-11-3-2-10(5-14)12(13)4-11/h2-4,6-7H,8H2,1H3. The van der Waals surface area contributed by atoms with Gasteiger partial charge in [0.15, 0.2) is 0 Å². The van der Waals surface area contributed by atoms with Crippen LogP contribution in [0.3, 0.4) is 0 Å². The number of aromatic nitrogens is 2. The molecule has 0 amide bonds. The Balaban J connectivity index is 2.05. The smallest absolute Gasteiger partial charge is 0.144 e. The fourth-order valence-electron chi connectivity index (χ4n) is 1.39. The van der Waals surface area contributed by atoms with Crippen molar-refractivity contribution < 1.29 is 9.13 Å². The third-order valence-corrected chi connectivity index (χ3v) is 2.22. The van der Waals surface area contributed by atoms with Crippen molar-refractivity contribution in [1.29, 1.82) is 5.26 Å². The van der Waals surface area contributed by atoms with Crippen LogP contribution in [-0.2, 0) is 13.7 Å². The van der Waals surface area contributed by atoms with E-state index in [9.17, 15) is 4.39 Å². The third-order valence-electron chi connectivity index (χ3n) is 2.22. The fourth-order valence-corrected chi connectivity index (χ4v) is 1.39. The molecule has 1 heterocycles. The molecule has 2 rings (SSSR count). The van der Waals surface area contributed by atoms with Crippen molar-refractivity contribution in [2.75, 3.05) is 0 Å². The molecule has 4 nitrogen and oxygen atoms in total. The highest BCUT2D eigenvalue weighted by Crippen LogP contribution is 2.17. The lowest BCUT2D eigenvalue weighted by Gasteiger charge is -2.04. The SMILES string of the molecule is Cn1cc(COc2ccc(C#N)c(F)c2)cn1. The molecule has 0 bridgehead atoms. The van der Waals surface area contributed by atoms with Crippen molar-refractivity contribution in [1.82, 2.24) is 9.78 Å². The van der Waals surface area contributed by atoms with Gasteiger partial charge in [0, 0.05) is 24.9 Å². The van der Waals surface area contributed by atoms with Crippen molar-refractivity contribution >= 4 is 0 Å². The van der Waals surface area contributed by atoms with Crippen LogP contribution in [0, 0.1) is 17.1 Å². The minimum Gasteiger partial charge on any atom is -0.489 e. The maximum atomic E-state index is 13.3. The average Bonchev–Trinajstić information content (AvgIpc) is 2.73. The maximum Gasteiger partial charge on any atom is 0.144 e. The highest BCUT2D eigenvalue weighted by Gasteiger charge is 2.04. The second kappa shape index (κ2) is 4.66. The molecule has 0 aliphatic heterocycles. The van der Waals surface area contributed by atoms with Gasteiger partial charge in [0.05, 0.1) is 11.8 Å². The van der Waals surface area contributed by atoms with E-state index >= 15 is 0 Å². The van der Waals surface area contributed by atoms with Gasteiger partial charge in [-0.3, -0.25) is 4.68 Å². The summed E-state index contributed by atoms with van der Waals surface area (Å²) in [6, 6.07) is 5.92. The Hall–Kier alpha value is -2.35. The highest BCUT2D eigenvalue weighted by molar-refractivity contribution is 5.36. The summed E-state index contributed by atoms with van der Waals surface area (Å²) in [5.74, 6) is -0.179. The van der Waals surface area contributed by atoms with Crippen LogP contribution in [0.4, 0.5) is 4.39 Å².